The summed E-state index contributed by atoms with van der Waals surface area (Å²) in [5.74, 6) is 2.22. The fraction of sp³-hybridized carbons (Fsp3) is 0.200. The van der Waals surface area contributed by atoms with E-state index in [1.807, 2.05) is 54.0 Å². The van der Waals surface area contributed by atoms with Crippen molar-refractivity contribution < 1.29 is 4.74 Å². The molecule has 0 aliphatic rings. The summed E-state index contributed by atoms with van der Waals surface area (Å²) in [5, 5.41) is 10.6. The molecule has 0 radical (unpaired) electrons. The Balaban J connectivity index is 1.75. The van der Waals surface area contributed by atoms with E-state index >= 15 is 0 Å². The first kappa shape index (κ1) is 21.2. The summed E-state index contributed by atoms with van der Waals surface area (Å²) in [4.78, 5) is 0. The van der Waals surface area contributed by atoms with Gasteiger partial charge in [-0.1, -0.05) is 63.0 Å². The van der Waals surface area contributed by atoms with E-state index in [0.717, 1.165) is 26.8 Å². The van der Waals surface area contributed by atoms with Crippen LogP contribution >= 0.6 is 50.9 Å². The van der Waals surface area contributed by atoms with Gasteiger partial charge in [0.2, 0.25) is 0 Å². The zero-order chi connectivity index (χ0) is 20.1. The van der Waals surface area contributed by atoms with Crippen molar-refractivity contribution >= 4 is 50.9 Å². The summed E-state index contributed by atoms with van der Waals surface area (Å²) in [5.41, 5.74) is 1.06. The molecule has 4 nitrogen and oxygen atoms in total. The highest BCUT2D eigenvalue weighted by atomic mass is 79.9. The Labute approximate surface area is 187 Å². The van der Waals surface area contributed by atoms with Crippen molar-refractivity contribution in [3.8, 4) is 5.75 Å². The summed E-state index contributed by atoms with van der Waals surface area (Å²) in [6.45, 7) is 6.40. The Hall–Kier alpha value is -1.47. The van der Waals surface area contributed by atoms with Crippen LogP contribution in [0.25, 0.3) is 0 Å². The van der Waals surface area contributed by atoms with Crippen LogP contribution in [0, 0.1) is 0 Å². The van der Waals surface area contributed by atoms with Gasteiger partial charge in [0.25, 0.3) is 0 Å². The maximum atomic E-state index is 6.10. The lowest BCUT2D eigenvalue weighted by molar-refractivity contribution is 0.210. The molecule has 0 bridgehead atoms. The van der Waals surface area contributed by atoms with E-state index in [0.29, 0.717) is 22.3 Å². The number of hydrogen-bond acceptors (Lipinski definition) is 4. The van der Waals surface area contributed by atoms with Crippen molar-refractivity contribution in [2.75, 3.05) is 0 Å². The quantitative estimate of drug-likeness (QED) is 0.248. The van der Waals surface area contributed by atoms with Gasteiger partial charge >= 0.3 is 0 Å². The topological polar surface area (TPSA) is 39.9 Å². The second-order valence-electron chi connectivity index (χ2n) is 5.99. The molecule has 0 saturated heterocycles. The summed E-state index contributed by atoms with van der Waals surface area (Å²) in [7, 11) is 0. The maximum Gasteiger partial charge on any atom is 0.191 e. The second-order valence-corrected chi connectivity index (χ2v) is 8.66. The zero-order valence-corrected chi connectivity index (χ0v) is 19.0. The molecule has 0 aliphatic heterocycles. The van der Waals surface area contributed by atoms with Crippen molar-refractivity contribution in [3.05, 3.63) is 81.0 Å². The molecular weight excluding hydrogens is 481 g/mol. The number of benzene rings is 2. The number of hydrogen-bond donors (Lipinski definition) is 0. The fourth-order valence-corrected chi connectivity index (χ4v) is 4.04. The third-order valence-corrected chi connectivity index (χ3v) is 6.20. The molecule has 1 heterocycles. The van der Waals surface area contributed by atoms with Crippen LogP contribution in [-0.2, 0) is 12.3 Å². The molecule has 1 aromatic heterocycles. The van der Waals surface area contributed by atoms with Gasteiger partial charge in [-0.15, -0.1) is 16.8 Å². The SMILES string of the molecule is C=CCn1c(SCc2ccc(Cl)c(Cl)c2)nnc1C(C)Oc1ccc(Br)cc1. The molecule has 3 rings (SSSR count). The summed E-state index contributed by atoms with van der Waals surface area (Å²) >= 11 is 17.1. The van der Waals surface area contributed by atoms with Gasteiger partial charge < -0.3 is 4.74 Å². The molecule has 28 heavy (non-hydrogen) atoms. The molecule has 8 heteroatoms. The van der Waals surface area contributed by atoms with Crippen LogP contribution in [0.1, 0.15) is 24.4 Å². The van der Waals surface area contributed by atoms with Crippen LogP contribution in [0.15, 0.2) is 64.7 Å². The molecule has 1 atom stereocenters. The third kappa shape index (κ3) is 5.32. The third-order valence-electron chi connectivity index (χ3n) is 3.90. The summed E-state index contributed by atoms with van der Waals surface area (Å²) in [6, 6.07) is 13.3. The number of ether oxygens (including phenoxy) is 1. The number of allylic oxidation sites excluding steroid dienone is 1. The van der Waals surface area contributed by atoms with Crippen LogP contribution in [0.4, 0.5) is 0 Å². The Morgan fingerprint density at radius 1 is 1.18 bits per heavy atom. The normalized spacial score (nSPS) is 12.0. The highest BCUT2D eigenvalue weighted by Crippen LogP contribution is 2.29. The first-order valence-corrected chi connectivity index (χ1v) is 11.0. The maximum absolute atomic E-state index is 6.10. The van der Waals surface area contributed by atoms with Gasteiger partial charge in [-0.3, -0.25) is 4.57 Å². The van der Waals surface area contributed by atoms with Gasteiger partial charge in [0.15, 0.2) is 17.1 Å². The standard InChI is InChI=1S/C20H18BrCl2N3OS/c1-3-10-26-19(13(2)27-16-7-5-15(21)6-8-16)24-25-20(26)28-12-14-4-9-17(22)18(23)11-14/h3-9,11,13H,1,10,12H2,2H3. The van der Waals surface area contributed by atoms with Gasteiger partial charge in [-0.2, -0.15) is 0 Å². The number of thioether (sulfide) groups is 1. The first-order chi connectivity index (χ1) is 13.5. The van der Waals surface area contributed by atoms with Crippen LogP contribution < -0.4 is 4.74 Å². The van der Waals surface area contributed by atoms with Crippen molar-refractivity contribution in [3.63, 3.8) is 0 Å². The van der Waals surface area contributed by atoms with Crippen LogP contribution in [0.2, 0.25) is 10.0 Å². The van der Waals surface area contributed by atoms with Crippen molar-refractivity contribution in [2.45, 2.75) is 30.5 Å². The van der Waals surface area contributed by atoms with Crippen molar-refractivity contribution in [2.24, 2.45) is 0 Å². The minimum absolute atomic E-state index is 0.257. The molecule has 0 saturated carbocycles. The Kier molecular flexibility index (Phi) is 7.46. The van der Waals surface area contributed by atoms with Gasteiger partial charge in [0.05, 0.1) is 10.0 Å². The Bertz CT molecular complexity index is 963. The molecule has 0 amide bonds. The molecule has 2 aromatic carbocycles. The summed E-state index contributed by atoms with van der Waals surface area (Å²) in [6.07, 6.45) is 1.57. The second kappa shape index (κ2) is 9.83. The lowest BCUT2D eigenvalue weighted by Crippen LogP contribution is -2.12. The predicted octanol–water partition coefficient (Wildman–Crippen LogP) is 6.97. The van der Waals surface area contributed by atoms with Gasteiger partial charge in [0.1, 0.15) is 5.75 Å². The van der Waals surface area contributed by atoms with Crippen molar-refractivity contribution in [1.82, 2.24) is 14.8 Å². The molecule has 0 fully saturated rings. The number of nitrogens with zero attached hydrogens (tertiary/aromatic N) is 3. The van der Waals surface area contributed by atoms with E-state index in [1.165, 1.54) is 0 Å². The first-order valence-electron chi connectivity index (χ1n) is 8.51. The van der Waals surface area contributed by atoms with E-state index in [4.69, 9.17) is 27.9 Å². The molecule has 0 spiro atoms. The molecule has 1 unspecified atom stereocenters. The van der Waals surface area contributed by atoms with Gasteiger partial charge in [0, 0.05) is 16.8 Å². The van der Waals surface area contributed by atoms with E-state index in [-0.39, 0.29) is 6.10 Å². The predicted molar refractivity (Wildman–Crippen MR) is 119 cm³/mol. The smallest absolute Gasteiger partial charge is 0.191 e. The molecular formula is C20H18BrCl2N3OS. The molecule has 0 aliphatic carbocycles. The lowest BCUT2D eigenvalue weighted by Gasteiger charge is -2.15. The molecule has 0 N–H and O–H groups in total. The average Bonchev–Trinajstić information content (AvgIpc) is 3.08. The van der Waals surface area contributed by atoms with E-state index in [2.05, 4.69) is 32.7 Å². The van der Waals surface area contributed by atoms with Gasteiger partial charge in [-0.05, 0) is 48.9 Å². The monoisotopic (exact) mass is 497 g/mol. The number of halogens is 3. The van der Waals surface area contributed by atoms with Crippen LogP contribution in [-0.4, -0.2) is 14.8 Å². The van der Waals surface area contributed by atoms with Crippen molar-refractivity contribution in [1.29, 1.82) is 0 Å². The molecule has 146 valence electrons. The minimum Gasteiger partial charge on any atom is -0.483 e. The number of rotatable bonds is 8. The van der Waals surface area contributed by atoms with E-state index < -0.39 is 0 Å². The lowest BCUT2D eigenvalue weighted by atomic mass is 10.2. The average molecular weight is 499 g/mol. The number of aromatic nitrogens is 3. The van der Waals surface area contributed by atoms with Crippen LogP contribution in [0.3, 0.4) is 0 Å². The van der Waals surface area contributed by atoms with E-state index in [9.17, 15) is 0 Å². The summed E-state index contributed by atoms with van der Waals surface area (Å²) < 4.78 is 9.04. The Morgan fingerprint density at radius 2 is 1.93 bits per heavy atom. The van der Waals surface area contributed by atoms with Crippen LogP contribution in [0.5, 0.6) is 5.75 Å². The highest BCUT2D eigenvalue weighted by molar-refractivity contribution is 9.10. The largest absolute Gasteiger partial charge is 0.483 e. The van der Waals surface area contributed by atoms with E-state index in [1.54, 1.807) is 17.8 Å². The zero-order valence-electron chi connectivity index (χ0n) is 15.1. The highest BCUT2D eigenvalue weighted by Gasteiger charge is 2.19. The van der Waals surface area contributed by atoms with Gasteiger partial charge in [-0.25, -0.2) is 0 Å². The minimum atomic E-state index is -0.257. The Morgan fingerprint density at radius 3 is 2.61 bits per heavy atom. The fourth-order valence-electron chi connectivity index (χ4n) is 2.56. The molecule has 3 aromatic rings.